The maximum atomic E-state index is 15.1. The van der Waals surface area contributed by atoms with Gasteiger partial charge in [0.05, 0.1) is 58.9 Å². The fraction of sp³-hybridized carbons (Fsp3) is 0.400. The number of fused-ring (bicyclic) bond motifs is 4. The average Bonchev–Trinajstić information content (AvgIpc) is 3.38. The summed E-state index contributed by atoms with van der Waals surface area (Å²) in [5.41, 5.74) is 4.01. The molecule has 6 N–H and O–H groups in total. The normalized spacial score (nSPS) is 20.9. The van der Waals surface area contributed by atoms with Gasteiger partial charge in [0.1, 0.15) is 23.8 Å². The molecular weight excluding hydrogens is 978 g/mol. The number of aromatic nitrogens is 4. The molecular formula is C50H54Cl2F2N10O8. The lowest BCUT2D eigenvalue weighted by Crippen LogP contribution is -2.51. The molecule has 4 aliphatic heterocycles. The van der Waals surface area contributed by atoms with E-state index in [9.17, 15) is 19.8 Å². The number of nitrogens with one attached hydrogen (secondary N) is 4. The highest BCUT2D eigenvalue weighted by Crippen LogP contribution is 2.34. The predicted octanol–water partition coefficient (Wildman–Crippen LogP) is 5.72. The average molecular weight is 1030 g/mol. The summed E-state index contributed by atoms with van der Waals surface area (Å²) >= 11 is 12.6. The number of hydrogen-bond donors (Lipinski definition) is 6. The van der Waals surface area contributed by atoms with Crippen LogP contribution >= 0.6 is 23.2 Å². The Morgan fingerprint density at radius 2 is 1.12 bits per heavy atom. The van der Waals surface area contributed by atoms with Crippen LogP contribution in [0.3, 0.4) is 0 Å². The third kappa shape index (κ3) is 11.9. The Balaban J connectivity index is 0.000000178. The summed E-state index contributed by atoms with van der Waals surface area (Å²) in [7, 11) is 3.18. The molecule has 22 heteroatoms. The van der Waals surface area contributed by atoms with E-state index in [1.807, 2.05) is 46.2 Å². The molecule has 18 nitrogen and oxygen atoms in total. The number of nitrogens with zero attached hydrogens (tertiary/aromatic N) is 6. The molecule has 0 bridgehead atoms. The lowest BCUT2D eigenvalue weighted by molar-refractivity contribution is -0.119. The van der Waals surface area contributed by atoms with Crippen LogP contribution in [0.5, 0.6) is 23.0 Å². The molecule has 0 saturated carbocycles. The van der Waals surface area contributed by atoms with Crippen molar-refractivity contribution >= 4 is 68.5 Å². The second-order valence-corrected chi connectivity index (χ2v) is 18.7. The summed E-state index contributed by atoms with van der Waals surface area (Å²) in [6.45, 7) is 2.58. The van der Waals surface area contributed by atoms with Crippen LogP contribution < -0.4 is 40.2 Å². The van der Waals surface area contributed by atoms with Gasteiger partial charge in [-0.1, -0.05) is 23.2 Å². The first-order valence-electron chi connectivity index (χ1n) is 23.5. The topological polar surface area (TPSA) is 218 Å². The van der Waals surface area contributed by atoms with Crippen molar-refractivity contribution in [1.29, 1.82) is 0 Å². The van der Waals surface area contributed by atoms with Gasteiger partial charge in [0, 0.05) is 86.7 Å². The molecule has 4 aromatic heterocycles. The number of rotatable bonds is 14. The summed E-state index contributed by atoms with van der Waals surface area (Å²) in [4.78, 5) is 44.4. The molecule has 2 aromatic carbocycles. The van der Waals surface area contributed by atoms with Gasteiger partial charge in [-0.05, 0) is 85.6 Å². The van der Waals surface area contributed by atoms with Gasteiger partial charge in [0.25, 0.3) is 11.8 Å². The molecule has 6 aromatic rings. The number of anilines is 2. The first-order chi connectivity index (χ1) is 34.8. The second kappa shape index (κ2) is 22.8. The number of aliphatic hydroxyl groups is 2. The molecule has 0 unspecified atom stereocenters. The number of amides is 2. The van der Waals surface area contributed by atoms with Crippen molar-refractivity contribution in [2.75, 3.05) is 77.3 Å². The molecule has 72 heavy (non-hydrogen) atoms. The molecule has 8 heterocycles. The van der Waals surface area contributed by atoms with Gasteiger partial charge in [-0.2, -0.15) is 0 Å². The van der Waals surface area contributed by atoms with Gasteiger partial charge < -0.3 is 50.4 Å². The van der Waals surface area contributed by atoms with Crippen molar-refractivity contribution in [1.82, 2.24) is 40.4 Å². The maximum Gasteiger partial charge on any atom is 0.263 e. The van der Waals surface area contributed by atoms with Crippen molar-refractivity contribution in [2.24, 2.45) is 0 Å². The first-order valence-corrected chi connectivity index (χ1v) is 24.2. The Labute approximate surface area is 423 Å². The molecule has 10 rings (SSSR count). The van der Waals surface area contributed by atoms with Crippen molar-refractivity contribution in [3.05, 3.63) is 106 Å². The van der Waals surface area contributed by atoms with E-state index in [2.05, 4.69) is 41.2 Å². The minimum atomic E-state index is -1.14. The van der Waals surface area contributed by atoms with Gasteiger partial charge >= 0.3 is 0 Å². The molecule has 2 fully saturated rings. The van der Waals surface area contributed by atoms with Crippen LogP contribution in [0.4, 0.5) is 20.4 Å². The number of β-amino-alcohol motifs (C(OH)–C–C–N with tert-alkyl or cyclic N) is 2. The number of likely N-dealkylation sites (tertiary alicyclic amines) is 2. The summed E-state index contributed by atoms with van der Waals surface area (Å²) < 4.78 is 51.4. The predicted molar refractivity (Wildman–Crippen MR) is 266 cm³/mol. The van der Waals surface area contributed by atoms with E-state index >= 15 is 8.78 Å². The molecule has 0 spiro atoms. The van der Waals surface area contributed by atoms with E-state index in [0.717, 1.165) is 32.9 Å². The highest BCUT2D eigenvalue weighted by molar-refractivity contribution is 6.31. The number of aliphatic hydroxyl groups excluding tert-OH is 2. The number of carbonyl (C=O) groups excluding carboxylic acids is 2. The number of alkyl halides is 2. The molecule has 6 atom stereocenters. The Morgan fingerprint density at radius 1 is 0.694 bits per heavy atom. The number of carbonyl (C=O) groups is 2. The lowest BCUT2D eigenvalue weighted by atomic mass is 10.00. The van der Waals surface area contributed by atoms with Gasteiger partial charge in [0.2, 0.25) is 0 Å². The van der Waals surface area contributed by atoms with E-state index in [1.165, 1.54) is 0 Å². The zero-order valence-electron chi connectivity index (χ0n) is 39.4. The van der Waals surface area contributed by atoms with Gasteiger partial charge in [-0.3, -0.25) is 29.4 Å². The number of hydrogen-bond acceptors (Lipinski definition) is 16. The van der Waals surface area contributed by atoms with Crippen LogP contribution in [-0.4, -0.2) is 143 Å². The number of piperidine rings is 2. The molecule has 0 aliphatic carbocycles. The minimum Gasteiger partial charge on any atom is -0.497 e. The highest BCUT2D eigenvalue weighted by Gasteiger charge is 2.33. The molecule has 2 amide bonds. The van der Waals surface area contributed by atoms with Crippen LogP contribution in [-0.2, 0) is 22.7 Å². The van der Waals surface area contributed by atoms with Crippen molar-refractivity contribution in [3.63, 3.8) is 0 Å². The fourth-order valence-corrected chi connectivity index (χ4v) is 9.70. The number of pyridine rings is 4. The van der Waals surface area contributed by atoms with Gasteiger partial charge in [0.15, 0.2) is 36.3 Å². The first kappa shape index (κ1) is 50.8. The highest BCUT2D eigenvalue weighted by atomic mass is 35.5. The lowest BCUT2D eigenvalue weighted by Gasteiger charge is -2.36. The largest absolute Gasteiger partial charge is 0.497 e. The summed E-state index contributed by atoms with van der Waals surface area (Å²) in [5, 5.41) is 36.1. The monoisotopic (exact) mass is 1030 g/mol. The quantitative estimate of drug-likeness (QED) is 0.0770. The van der Waals surface area contributed by atoms with Crippen LogP contribution in [0.1, 0.15) is 47.6 Å². The van der Waals surface area contributed by atoms with Crippen LogP contribution in [0.25, 0.3) is 21.8 Å². The fourth-order valence-electron chi connectivity index (χ4n) is 9.29. The summed E-state index contributed by atoms with van der Waals surface area (Å²) in [6.07, 6.45) is 0.574. The Kier molecular flexibility index (Phi) is 16.1. The maximum absolute atomic E-state index is 15.1. The molecule has 0 radical (unpaired) electrons. The van der Waals surface area contributed by atoms with E-state index in [-0.39, 0.29) is 63.3 Å². The van der Waals surface area contributed by atoms with Gasteiger partial charge in [-0.25, -0.2) is 18.7 Å². The van der Waals surface area contributed by atoms with E-state index in [1.54, 1.807) is 50.9 Å². The third-order valence-electron chi connectivity index (χ3n) is 13.1. The van der Waals surface area contributed by atoms with E-state index in [0.29, 0.717) is 95.1 Å². The SMILES string of the molecule is COc1ccc2nccc([C@@H](O)CN3CC[C@@H](NCc4nc5c(cc4Cl)OCC(=O)N5)[C@@H](F)C3)c2c1.COc1ccc2nccc([C@@H](O)CN3CC[C@H](NCc4nc5c(cc4Cl)OCC(=O)N5)[C@H](F)C3)c2c1. The summed E-state index contributed by atoms with van der Waals surface area (Å²) in [5.74, 6) is 2.26. The Bertz CT molecular complexity index is 2750. The smallest absolute Gasteiger partial charge is 0.263 e. The van der Waals surface area contributed by atoms with Gasteiger partial charge in [-0.15, -0.1) is 0 Å². The standard InChI is InChI=1S/2C25H27ClFN5O4/c2*1-35-14-2-3-19-16(8-14)15(4-6-28-19)22(33)12-32-7-5-20(18(27)11-32)29-10-21-17(26)9-23-25(30-21)31-24(34)13-36-23/h2*2-4,6,8-9,18,20,22,29,33H,5,7,10-13H2,1H3,(H,30,31,34)/t18-,20+,22+;18-,20+,22-/m10/s1. The van der Waals surface area contributed by atoms with Crippen molar-refractivity contribution in [2.45, 2.75) is 62.6 Å². The van der Waals surface area contributed by atoms with Crippen LogP contribution in [0.15, 0.2) is 73.1 Å². The second-order valence-electron chi connectivity index (χ2n) is 17.9. The minimum absolute atomic E-state index is 0.0784. The Hall–Kier alpha value is -6.10. The number of methoxy groups -OCH3 is 2. The van der Waals surface area contributed by atoms with E-state index < -0.39 is 24.6 Å². The van der Waals surface area contributed by atoms with Crippen molar-refractivity contribution in [3.8, 4) is 23.0 Å². The van der Waals surface area contributed by atoms with E-state index in [4.69, 9.17) is 42.1 Å². The molecule has 380 valence electrons. The zero-order chi connectivity index (χ0) is 50.5. The number of halogens is 4. The van der Waals surface area contributed by atoms with Crippen molar-refractivity contribution < 1.29 is 47.5 Å². The number of benzene rings is 2. The third-order valence-corrected chi connectivity index (χ3v) is 13.8. The molecule has 2 saturated heterocycles. The molecule has 4 aliphatic rings. The Morgan fingerprint density at radius 3 is 1.53 bits per heavy atom. The van der Waals surface area contributed by atoms with Crippen LogP contribution in [0, 0.1) is 0 Å². The zero-order valence-corrected chi connectivity index (χ0v) is 40.9. The van der Waals surface area contributed by atoms with Crippen LogP contribution in [0.2, 0.25) is 10.0 Å². The number of ether oxygens (including phenoxy) is 4. The summed E-state index contributed by atoms with van der Waals surface area (Å²) in [6, 6.07) is 17.1.